The molecule has 1 unspecified atom stereocenters. The molecule has 0 saturated heterocycles. The van der Waals surface area contributed by atoms with Crippen molar-refractivity contribution >= 4 is 0 Å². The lowest BCUT2D eigenvalue weighted by atomic mass is 9.84. The van der Waals surface area contributed by atoms with Gasteiger partial charge in [-0.2, -0.15) is 0 Å². The Labute approximate surface area is 104 Å². The first kappa shape index (κ1) is 13.8. The molecule has 3 heteroatoms. The monoisotopic (exact) mass is 237 g/mol. The number of ether oxygens (including phenoxy) is 2. The van der Waals surface area contributed by atoms with E-state index in [1.807, 2.05) is 24.3 Å². The van der Waals surface area contributed by atoms with Crippen LogP contribution in [0.15, 0.2) is 24.3 Å². The zero-order chi connectivity index (χ0) is 12.7. The molecule has 3 nitrogen and oxygen atoms in total. The van der Waals surface area contributed by atoms with Gasteiger partial charge in [-0.25, -0.2) is 0 Å². The van der Waals surface area contributed by atoms with E-state index in [0.29, 0.717) is 13.2 Å². The van der Waals surface area contributed by atoms with E-state index in [-0.39, 0.29) is 5.41 Å². The molecule has 1 rings (SSSR count). The zero-order valence-electron chi connectivity index (χ0n) is 11.0. The molecule has 0 aliphatic rings. The first-order valence-corrected chi connectivity index (χ1v) is 6.10. The molecule has 0 aromatic heterocycles. The summed E-state index contributed by atoms with van der Waals surface area (Å²) in [7, 11) is 1.66. The molecule has 0 bridgehead atoms. The van der Waals surface area contributed by atoms with Gasteiger partial charge in [-0.3, -0.25) is 0 Å². The Kier molecular flexibility index (Phi) is 5.29. The maximum atomic E-state index is 5.76. The highest BCUT2D eigenvalue weighted by Gasteiger charge is 2.19. The highest BCUT2D eigenvalue weighted by atomic mass is 16.5. The second kappa shape index (κ2) is 6.50. The summed E-state index contributed by atoms with van der Waals surface area (Å²) in [6.07, 6.45) is 2.06. The Morgan fingerprint density at radius 2 is 1.76 bits per heavy atom. The fourth-order valence-corrected chi connectivity index (χ4v) is 1.51. The molecule has 1 atom stereocenters. The van der Waals surface area contributed by atoms with E-state index in [2.05, 4.69) is 13.8 Å². The van der Waals surface area contributed by atoms with E-state index in [1.165, 1.54) is 0 Å². The fourth-order valence-electron chi connectivity index (χ4n) is 1.51. The molecule has 1 aromatic rings. The van der Waals surface area contributed by atoms with Gasteiger partial charge in [0.1, 0.15) is 11.5 Å². The van der Waals surface area contributed by atoms with Crippen LogP contribution in [-0.2, 0) is 0 Å². The molecule has 0 spiro atoms. The minimum atomic E-state index is 0.187. The Balaban J connectivity index is 2.40. The summed E-state index contributed by atoms with van der Waals surface area (Å²) >= 11 is 0. The van der Waals surface area contributed by atoms with Gasteiger partial charge >= 0.3 is 0 Å². The minimum absolute atomic E-state index is 0.187. The molecule has 0 aliphatic carbocycles. The molecule has 1 aromatic carbocycles. The van der Waals surface area contributed by atoms with Gasteiger partial charge in [-0.15, -0.1) is 0 Å². The molecule has 0 fully saturated rings. The molecular formula is C14H23NO2. The van der Waals surface area contributed by atoms with Gasteiger partial charge in [0.25, 0.3) is 0 Å². The quantitative estimate of drug-likeness (QED) is 0.793. The van der Waals surface area contributed by atoms with Crippen LogP contribution in [0.25, 0.3) is 0 Å². The van der Waals surface area contributed by atoms with Crippen LogP contribution in [0.5, 0.6) is 11.5 Å². The van der Waals surface area contributed by atoms with Crippen molar-refractivity contribution < 1.29 is 9.47 Å². The number of nitrogens with two attached hydrogens (primary N) is 1. The van der Waals surface area contributed by atoms with Crippen molar-refractivity contribution in [3.8, 4) is 11.5 Å². The first-order valence-electron chi connectivity index (χ1n) is 6.10. The number of hydrogen-bond donors (Lipinski definition) is 1. The lowest BCUT2D eigenvalue weighted by Gasteiger charge is -2.26. The van der Waals surface area contributed by atoms with E-state index in [0.717, 1.165) is 24.3 Å². The smallest absolute Gasteiger partial charge is 0.119 e. The summed E-state index contributed by atoms with van der Waals surface area (Å²) in [4.78, 5) is 0. The maximum absolute atomic E-state index is 5.76. The predicted molar refractivity (Wildman–Crippen MR) is 70.6 cm³/mol. The number of benzene rings is 1. The van der Waals surface area contributed by atoms with E-state index in [1.54, 1.807) is 7.11 Å². The third-order valence-electron chi connectivity index (χ3n) is 3.38. The summed E-state index contributed by atoms with van der Waals surface area (Å²) in [6, 6.07) is 7.64. The van der Waals surface area contributed by atoms with E-state index < -0.39 is 0 Å². The Morgan fingerprint density at radius 1 is 1.18 bits per heavy atom. The summed E-state index contributed by atoms with van der Waals surface area (Å²) < 4.78 is 10.8. The van der Waals surface area contributed by atoms with E-state index in [9.17, 15) is 0 Å². The number of hydrogen-bond acceptors (Lipinski definition) is 3. The molecule has 2 N–H and O–H groups in total. The van der Waals surface area contributed by atoms with Crippen LogP contribution in [0.4, 0.5) is 0 Å². The average molecular weight is 237 g/mol. The van der Waals surface area contributed by atoms with Crippen LogP contribution < -0.4 is 15.2 Å². The summed E-state index contributed by atoms with van der Waals surface area (Å²) in [6.45, 7) is 5.77. The average Bonchev–Trinajstić information content (AvgIpc) is 2.39. The van der Waals surface area contributed by atoms with Crippen LogP contribution >= 0.6 is 0 Å². The predicted octanol–water partition coefficient (Wildman–Crippen LogP) is 2.84. The van der Waals surface area contributed by atoms with Crippen LogP contribution in [0.3, 0.4) is 0 Å². The maximum Gasteiger partial charge on any atom is 0.119 e. The van der Waals surface area contributed by atoms with Gasteiger partial charge < -0.3 is 15.2 Å². The number of rotatable bonds is 7. The number of methoxy groups -OCH3 is 1. The molecule has 0 radical (unpaired) electrons. The van der Waals surface area contributed by atoms with Crippen molar-refractivity contribution in [2.75, 3.05) is 20.3 Å². The Hall–Kier alpha value is -1.22. The summed E-state index contributed by atoms with van der Waals surface area (Å²) in [5.74, 6) is 1.72. The van der Waals surface area contributed by atoms with Crippen molar-refractivity contribution in [3.63, 3.8) is 0 Å². The van der Waals surface area contributed by atoms with Crippen molar-refractivity contribution in [2.24, 2.45) is 11.1 Å². The second-order valence-corrected chi connectivity index (χ2v) is 4.64. The van der Waals surface area contributed by atoms with Crippen LogP contribution in [0, 0.1) is 5.41 Å². The van der Waals surface area contributed by atoms with Crippen molar-refractivity contribution in [2.45, 2.75) is 26.7 Å². The van der Waals surface area contributed by atoms with Gasteiger partial charge in [0.15, 0.2) is 0 Å². The SMILES string of the molecule is CCC(C)(CN)CCOc1ccc(OC)cc1. The van der Waals surface area contributed by atoms with Crippen molar-refractivity contribution in [3.05, 3.63) is 24.3 Å². The lowest BCUT2D eigenvalue weighted by Crippen LogP contribution is -2.28. The minimum Gasteiger partial charge on any atom is -0.497 e. The molecule has 0 amide bonds. The molecule has 0 aliphatic heterocycles. The molecule has 96 valence electrons. The van der Waals surface area contributed by atoms with Gasteiger partial charge in [-0.05, 0) is 49.1 Å². The highest BCUT2D eigenvalue weighted by molar-refractivity contribution is 5.31. The van der Waals surface area contributed by atoms with Crippen LogP contribution in [0.2, 0.25) is 0 Å². The third-order valence-corrected chi connectivity index (χ3v) is 3.38. The Morgan fingerprint density at radius 3 is 2.24 bits per heavy atom. The molecule has 0 heterocycles. The third kappa shape index (κ3) is 4.27. The normalized spacial score (nSPS) is 14.1. The van der Waals surface area contributed by atoms with E-state index >= 15 is 0 Å². The van der Waals surface area contributed by atoms with Crippen LogP contribution in [0.1, 0.15) is 26.7 Å². The molecule has 0 saturated carbocycles. The first-order chi connectivity index (χ1) is 8.13. The fraction of sp³-hybridized carbons (Fsp3) is 0.571. The topological polar surface area (TPSA) is 44.5 Å². The second-order valence-electron chi connectivity index (χ2n) is 4.64. The van der Waals surface area contributed by atoms with Crippen molar-refractivity contribution in [1.82, 2.24) is 0 Å². The molecular weight excluding hydrogens is 214 g/mol. The lowest BCUT2D eigenvalue weighted by molar-refractivity contribution is 0.211. The van der Waals surface area contributed by atoms with Gasteiger partial charge in [0.2, 0.25) is 0 Å². The van der Waals surface area contributed by atoms with E-state index in [4.69, 9.17) is 15.2 Å². The zero-order valence-corrected chi connectivity index (χ0v) is 11.0. The standard InChI is InChI=1S/C14H23NO2/c1-4-14(2,11-15)9-10-17-13-7-5-12(16-3)6-8-13/h5-8H,4,9-11,15H2,1-3H3. The highest BCUT2D eigenvalue weighted by Crippen LogP contribution is 2.24. The summed E-state index contributed by atoms with van der Waals surface area (Å²) in [5, 5.41) is 0. The largest absolute Gasteiger partial charge is 0.497 e. The van der Waals surface area contributed by atoms with Crippen LogP contribution in [-0.4, -0.2) is 20.3 Å². The Bertz CT molecular complexity index is 317. The summed E-state index contributed by atoms with van der Waals surface area (Å²) in [5.41, 5.74) is 5.95. The van der Waals surface area contributed by atoms with Gasteiger partial charge in [0, 0.05) is 0 Å². The van der Waals surface area contributed by atoms with Crippen molar-refractivity contribution in [1.29, 1.82) is 0 Å². The van der Waals surface area contributed by atoms with Gasteiger partial charge in [0.05, 0.1) is 13.7 Å². The van der Waals surface area contributed by atoms with Gasteiger partial charge in [-0.1, -0.05) is 13.8 Å². The molecule has 17 heavy (non-hydrogen) atoms.